The minimum absolute atomic E-state index is 0.135. The first-order valence-electron chi connectivity index (χ1n) is 11.2. The van der Waals surface area contributed by atoms with Gasteiger partial charge in [0.25, 0.3) is 0 Å². The van der Waals surface area contributed by atoms with E-state index in [0.29, 0.717) is 10.6 Å². The number of benzene rings is 2. The zero-order valence-electron chi connectivity index (χ0n) is 19.2. The lowest BCUT2D eigenvalue weighted by Gasteiger charge is -2.36. The van der Waals surface area contributed by atoms with E-state index in [1.54, 1.807) is 26.0 Å². The van der Waals surface area contributed by atoms with Gasteiger partial charge in [0.1, 0.15) is 0 Å². The van der Waals surface area contributed by atoms with Crippen LogP contribution in [0.5, 0.6) is 0 Å². The topological polar surface area (TPSA) is 93.2 Å². The number of Topliss-reactive ketones (excluding diaryl/α,β-unsaturated/α-hetero) is 1. The largest absolute Gasteiger partial charge is 0.369 e. The Balaban J connectivity index is 1.49. The van der Waals surface area contributed by atoms with E-state index in [-0.39, 0.29) is 18.7 Å². The molecule has 1 aliphatic heterocycles. The number of carbonyl (C=O) groups excluding carboxylic acids is 3. The number of hydroxylamine groups is 2. The number of carbonyl (C=O) groups is 3. The van der Waals surface area contributed by atoms with Crippen molar-refractivity contribution in [3.63, 3.8) is 0 Å². The van der Waals surface area contributed by atoms with Crippen LogP contribution in [0.3, 0.4) is 0 Å². The third kappa shape index (κ3) is 6.87. The van der Waals surface area contributed by atoms with Gasteiger partial charge in [-0.05, 0) is 36.8 Å². The van der Waals surface area contributed by atoms with E-state index in [1.807, 2.05) is 18.2 Å². The highest BCUT2D eigenvalue weighted by Crippen LogP contribution is 2.19. The maximum atomic E-state index is 12.7. The molecular formula is C25H32N4O4. The van der Waals surface area contributed by atoms with Crippen LogP contribution in [0.2, 0.25) is 0 Å². The summed E-state index contributed by atoms with van der Waals surface area (Å²) < 4.78 is 0. The van der Waals surface area contributed by atoms with Crippen molar-refractivity contribution in [1.29, 1.82) is 0 Å². The second-order valence-electron chi connectivity index (χ2n) is 8.52. The molecule has 176 valence electrons. The van der Waals surface area contributed by atoms with Crippen molar-refractivity contribution in [3.8, 4) is 0 Å². The van der Waals surface area contributed by atoms with E-state index in [9.17, 15) is 19.6 Å². The monoisotopic (exact) mass is 452 g/mol. The van der Waals surface area contributed by atoms with Gasteiger partial charge < -0.3 is 10.2 Å². The van der Waals surface area contributed by atoms with Gasteiger partial charge in [-0.15, -0.1) is 0 Å². The zero-order valence-corrected chi connectivity index (χ0v) is 19.2. The van der Waals surface area contributed by atoms with E-state index >= 15 is 0 Å². The molecule has 2 N–H and O–H groups in total. The number of amides is 2. The molecule has 0 aromatic heterocycles. The van der Waals surface area contributed by atoms with Crippen LogP contribution < -0.4 is 10.2 Å². The Morgan fingerprint density at radius 2 is 1.67 bits per heavy atom. The summed E-state index contributed by atoms with van der Waals surface area (Å²) in [5.41, 5.74) is 2.92. The minimum Gasteiger partial charge on any atom is -0.369 e. The number of piperazine rings is 1. The van der Waals surface area contributed by atoms with Crippen LogP contribution >= 0.6 is 0 Å². The molecule has 2 unspecified atom stereocenters. The van der Waals surface area contributed by atoms with Gasteiger partial charge in [-0.1, -0.05) is 37.3 Å². The number of hydrogen-bond donors (Lipinski definition) is 2. The van der Waals surface area contributed by atoms with Crippen LogP contribution in [-0.4, -0.2) is 72.0 Å². The molecule has 2 aromatic carbocycles. The standard InChI is InChI=1S/C25H32N4O4/c1-19(16-29(33)18-30)25(32)26-20(2)24(31)22-8-10-23(11-9-22)28-14-12-27(13-15-28)17-21-6-4-3-5-7-21/h3-11,18-20,33H,12-17H2,1-2H3,(H,26,32). The molecule has 1 fully saturated rings. The summed E-state index contributed by atoms with van der Waals surface area (Å²) in [5.74, 6) is -1.23. The summed E-state index contributed by atoms with van der Waals surface area (Å²) in [6.07, 6.45) is 0.239. The van der Waals surface area contributed by atoms with Gasteiger partial charge in [0, 0.05) is 44.0 Å². The SMILES string of the molecule is CC(CN(O)C=O)C(=O)NC(C)C(=O)c1ccc(N2CCN(Cc3ccccc3)CC2)cc1. The summed E-state index contributed by atoms with van der Waals surface area (Å²) in [4.78, 5) is 40.2. The van der Waals surface area contributed by atoms with Crippen LogP contribution in [0.1, 0.15) is 29.8 Å². The lowest BCUT2D eigenvalue weighted by Crippen LogP contribution is -2.46. The highest BCUT2D eigenvalue weighted by atomic mass is 16.5. The fraction of sp³-hybridized carbons (Fsp3) is 0.400. The Morgan fingerprint density at radius 1 is 1.03 bits per heavy atom. The van der Waals surface area contributed by atoms with Gasteiger partial charge in [0.15, 0.2) is 5.78 Å². The van der Waals surface area contributed by atoms with Crippen molar-refractivity contribution in [2.24, 2.45) is 5.92 Å². The number of ketones is 1. The molecule has 33 heavy (non-hydrogen) atoms. The molecule has 2 aromatic rings. The maximum Gasteiger partial charge on any atom is 0.233 e. The van der Waals surface area contributed by atoms with Crippen molar-refractivity contribution in [2.75, 3.05) is 37.6 Å². The third-order valence-corrected chi connectivity index (χ3v) is 5.92. The van der Waals surface area contributed by atoms with Crippen LogP contribution in [0.25, 0.3) is 0 Å². The Hall–Kier alpha value is -3.23. The number of nitrogens with zero attached hydrogens (tertiary/aromatic N) is 3. The van der Waals surface area contributed by atoms with Gasteiger partial charge in [-0.2, -0.15) is 0 Å². The van der Waals surface area contributed by atoms with Crippen LogP contribution in [0.15, 0.2) is 54.6 Å². The van der Waals surface area contributed by atoms with Crippen molar-refractivity contribution < 1.29 is 19.6 Å². The van der Waals surface area contributed by atoms with E-state index in [4.69, 9.17) is 0 Å². The first-order valence-corrected chi connectivity index (χ1v) is 11.2. The van der Waals surface area contributed by atoms with Gasteiger partial charge in [-0.3, -0.25) is 24.5 Å². The summed E-state index contributed by atoms with van der Waals surface area (Å²) in [5, 5.41) is 12.3. The summed E-state index contributed by atoms with van der Waals surface area (Å²) in [6.45, 7) is 7.83. The van der Waals surface area contributed by atoms with Crippen molar-refractivity contribution in [2.45, 2.75) is 26.4 Å². The fourth-order valence-electron chi connectivity index (χ4n) is 3.92. The molecule has 1 heterocycles. The summed E-state index contributed by atoms with van der Waals surface area (Å²) >= 11 is 0. The van der Waals surface area contributed by atoms with Gasteiger partial charge in [0.2, 0.25) is 12.3 Å². The Morgan fingerprint density at radius 3 is 2.27 bits per heavy atom. The van der Waals surface area contributed by atoms with Gasteiger partial charge >= 0.3 is 0 Å². The lowest BCUT2D eigenvalue weighted by molar-refractivity contribution is -0.154. The van der Waals surface area contributed by atoms with Gasteiger partial charge in [0.05, 0.1) is 18.5 Å². The maximum absolute atomic E-state index is 12.7. The molecule has 2 atom stereocenters. The van der Waals surface area contributed by atoms with Crippen molar-refractivity contribution >= 4 is 23.8 Å². The van der Waals surface area contributed by atoms with E-state index in [2.05, 4.69) is 39.4 Å². The molecule has 2 amide bonds. The highest BCUT2D eigenvalue weighted by Gasteiger charge is 2.23. The van der Waals surface area contributed by atoms with Crippen LogP contribution in [0, 0.1) is 5.92 Å². The molecule has 0 bridgehead atoms. The number of rotatable bonds is 10. The molecule has 1 aliphatic rings. The molecule has 8 nitrogen and oxygen atoms in total. The van der Waals surface area contributed by atoms with E-state index in [0.717, 1.165) is 38.4 Å². The molecule has 1 saturated heterocycles. The number of anilines is 1. The lowest BCUT2D eigenvalue weighted by atomic mass is 10.0. The molecule has 0 radical (unpaired) electrons. The first-order chi connectivity index (χ1) is 15.9. The average molecular weight is 453 g/mol. The predicted molar refractivity (Wildman–Crippen MR) is 126 cm³/mol. The van der Waals surface area contributed by atoms with E-state index in [1.165, 1.54) is 5.56 Å². The minimum atomic E-state index is -0.712. The van der Waals surface area contributed by atoms with Crippen molar-refractivity contribution in [1.82, 2.24) is 15.3 Å². The molecule has 3 rings (SSSR count). The van der Waals surface area contributed by atoms with Crippen LogP contribution in [0.4, 0.5) is 5.69 Å². The first kappa shape index (κ1) is 24.4. The molecule has 0 spiro atoms. The van der Waals surface area contributed by atoms with Crippen LogP contribution in [-0.2, 0) is 16.1 Å². The normalized spacial score (nSPS) is 16.0. The summed E-state index contributed by atoms with van der Waals surface area (Å²) in [7, 11) is 0. The zero-order chi connectivity index (χ0) is 23.8. The average Bonchev–Trinajstić information content (AvgIpc) is 2.84. The Bertz CT molecular complexity index is 927. The molecule has 8 heteroatoms. The van der Waals surface area contributed by atoms with Gasteiger partial charge in [-0.25, -0.2) is 5.06 Å². The Labute approximate surface area is 194 Å². The third-order valence-electron chi connectivity index (χ3n) is 5.92. The highest BCUT2D eigenvalue weighted by molar-refractivity contribution is 6.02. The number of nitrogens with one attached hydrogen (secondary N) is 1. The molecular weight excluding hydrogens is 420 g/mol. The molecule has 0 aliphatic carbocycles. The quantitative estimate of drug-likeness (QED) is 0.248. The number of hydrogen-bond acceptors (Lipinski definition) is 6. The summed E-state index contributed by atoms with van der Waals surface area (Å²) in [6, 6.07) is 17.2. The molecule has 0 saturated carbocycles. The smallest absolute Gasteiger partial charge is 0.233 e. The van der Waals surface area contributed by atoms with Crippen molar-refractivity contribution in [3.05, 3.63) is 65.7 Å². The fourth-order valence-corrected chi connectivity index (χ4v) is 3.92. The Kier molecular flexibility index (Phi) is 8.57. The second kappa shape index (κ2) is 11.6. The predicted octanol–water partition coefficient (Wildman–Crippen LogP) is 2.18. The second-order valence-corrected chi connectivity index (χ2v) is 8.52. The van der Waals surface area contributed by atoms with E-state index < -0.39 is 17.9 Å².